The van der Waals surface area contributed by atoms with Crippen LogP contribution in [0.4, 0.5) is 5.69 Å². The number of carboxylic acid groups (broad SMARTS) is 1. The van der Waals surface area contributed by atoms with Gasteiger partial charge in [0.2, 0.25) is 15.9 Å². The minimum Gasteiger partial charge on any atom is -0.490 e. The maximum atomic E-state index is 12.8. The van der Waals surface area contributed by atoms with Crippen LogP contribution in [0, 0.1) is 0 Å². The molecule has 0 radical (unpaired) electrons. The van der Waals surface area contributed by atoms with E-state index in [0.29, 0.717) is 42.2 Å². The van der Waals surface area contributed by atoms with Gasteiger partial charge in [0.25, 0.3) is 0 Å². The van der Waals surface area contributed by atoms with Gasteiger partial charge in [-0.15, -0.1) is 0 Å². The van der Waals surface area contributed by atoms with Crippen molar-refractivity contribution in [3.63, 3.8) is 0 Å². The number of sulfonamides is 1. The molecular weight excluding hydrogens is 687 g/mol. The number of carbonyl (C=O) groups is 2. The molecule has 0 aromatic heterocycles. The van der Waals surface area contributed by atoms with Gasteiger partial charge in [-0.1, -0.05) is 59.6 Å². The number of carbonyl (C=O) groups excluding carboxylic acids is 1. The van der Waals surface area contributed by atoms with Crippen molar-refractivity contribution < 1.29 is 32.6 Å². The molecule has 1 fully saturated rings. The van der Waals surface area contributed by atoms with E-state index in [-0.39, 0.29) is 45.6 Å². The first kappa shape index (κ1) is 34.3. The molecule has 6 rings (SSSR count). The first-order valence-corrected chi connectivity index (χ1v) is 17.8. The van der Waals surface area contributed by atoms with E-state index in [0.717, 1.165) is 22.1 Å². The van der Waals surface area contributed by atoms with Crippen LogP contribution in [0.2, 0.25) is 10.0 Å². The number of rotatable bonds is 11. The summed E-state index contributed by atoms with van der Waals surface area (Å²) in [5.41, 5.74) is 1.04. The SMILES string of the molecule is O=C(Cc1ccc(Oc2ccc3cc(OC4CCC(NS(=O)(=O)c5ccc(Cl)c(Cl)c5)CC4)ccc3c2)cc1)Nc1ccccc1C(=O)O. The number of benzene rings is 5. The molecule has 0 heterocycles. The van der Waals surface area contributed by atoms with Gasteiger partial charge in [0.15, 0.2) is 0 Å². The van der Waals surface area contributed by atoms with Gasteiger partial charge in [-0.3, -0.25) is 4.79 Å². The van der Waals surface area contributed by atoms with Crippen molar-refractivity contribution in [2.24, 2.45) is 0 Å². The highest BCUT2D eigenvalue weighted by molar-refractivity contribution is 7.89. The zero-order valence-electron chi connectivity index (χ0n) is 26.1. The van der Waals surface area contributed by atoms with Crippen LogP contribution in [0.1, 0.15) is 41.6 Å². The van der Waals surface area contributed by atoms with Crippen LogP contribution >= 0.6 is 23.2 Å². The molecule has 0 unspecified atom stereocenters. The van der Waals surface area contributed by atoms with Crippen molar-refractivity contribution >= 4 is 61.6 Å². The first-order valence-electron chi connectivity index (χ1n) is 15.6. The highest BCUT2D eigenvalue weighted by Crippen LogP contribution is 2.31. The molecule has 3 N–H and O–H groups in total. The van der Waals surface area contributed by atoms with Crippen molar-refractivity contribution in [2.75, 3.05) is 5.32 Å². The summed E-state index contributed by atoms with van der Waals surface area (Å²) in [6.07, 6.45) is 2.77. The van der Waals surface area contributed by atoms with Gasteiger partial charge in [-0.2, -0.15) is 0 Å². The molecule has 0 saturated heterocycles. The Hall–Kier alpha value is -4.61. The van der Waals surface area contributed by atoms with Crippen LogP contribution in [0.3, 0.4) is 0 Å². The van der Waals surface area contributed by atoms with Gasteiger partial charge in [0, 0.05) is 6.04 Å². The lowest BCUT2D eigenvalue weighted by Gasteiger charge is -2.29. The fraction of sp³-hybridized carbons (Fsp3) is 0.189. The quantitative estimate of drug-likeness (QED) is 0.125. The van der Waals surface area contributed by atoms with E-state index >= 15 is 0 Å². The van der Waals surface area contributed by atoms with E-state index in [9.17, 15) is 23.1 Å². The lowest BCUT2D eigenvalue weighted by molar-refractivity contribution is -0.115. The third kappa shape index (κ3) is 8.71. The number of hydrogen-bond acceptors (Lipinski definition) is 6. The Morgan fingerprint density at radius 1 is 0.755 bits per heavy atom. The van der Waals surface area contributed by atoms with Gasteiger partial charge in [0.1, 0.15) is 17.2 Å². The monoisotopic (exact) mass is 718 g/mol. The van der Waals surface area contributed by atoms with Crippen molar-refractivity contribution in [3.05, 3.63) is 124 Å². The molecule has 1 aliphatic carbocycles. The molecule has 1 saturated carbocycles. The van der Waals surface area contributed by atoms with Crippen LogP contribution in [-0.4, -0.2) is 37.5 Å². The predicted octanol–water partition coefficient (Wildman–Crippen LogP) is 8.49. The summed E-state index contributed by atoms with van der Waals surface area (Å²) in [6, 6.07) is 29.1. The number of hydrogen-bond donors (Lipinski definition) is 3. The van der Waals surface area contributed by atoms with E-state index in [1.165, 1.54) is 24.3 Å². The molecule has 49 heavy (non-hydrogen) atoms. The summed E-state index contributed by atoms with van der Waals surface area (Å²) in [4.78, 5) is 24.0. The Morgan fingerprint density at radius 3 is 2.10 bits per heavy atom. The largest absolute Gasteiger partial charge is 0.490 e. The van der Waals surface area contributed by atoms with Gasteiger partial charge < -0.3 is 19.9 Å². The second-order valence-corrected chi connectivity index (χ2v) is 14.3. The number of carboxylic acids is 1. The molecule has 1 aliphatic rings. The smallest absolute Gasteiger partial charge is 0.337 e. The number of para-hydroxylation sites is 1. The van der Waals surface area contributed by atoms with E-state index in [2.05, 4.69) is 10.0 Å². The average Bonchev–Trinajstić information content (AvgIpc) is 3.08. The summed E-state index contributed by atoms with van der Waals surface area (Å²) in [6.45, 7) is 0. The lowest BCUT2D eigenvalue weighted by Crippen LogP contribution is -2.39. The van der Waals surface area contributed by atoms with Crippen LogP contribution in [0.25, 0.3) is 10.8 Å². The Kier molecular flexibility index (Phi) is 10.4. The summed E-state index contributed by atoms with van der Waals surface area (Å²) >= 11 is 11.9. The Balaban J connectivity index is 0.999. The first-order chi connectivity index (χ1) is 23.5. The van der Waals surface area contributed by atoms with Crippen LogP contribution in [0.15, 0.2) is 108 Å². The maximum Gasteiger partial charge on any atom is 0.337 e. The molecule has 1 amide bonds. The van der Waals surface area contributed by atoms with E-state index in [1.54, 1.807) is 42.5 Å². The van der Waals surface area contributed by atoms with Crippen LogP contribution < -0.4 is 19.5 Å². The van der Waals surface area contributed by atoms with Crippen molar-refractivity contribution in [2.45, 2.75) is 49.1 Å². The van der Waals surface area contributed by atoms with Gasteiger partial charge in [0.05, 0.1) is 38.7 Å². The van der Waals surface area contributed by atoms with Gasteiger partial charge in [-0.05, 0) is 109 Å². The zero-order valence-corrected chi connectivity index (χ0v) is 28.4. The fourth-order valence-electron chi connectivity index (χ4n) is 5.73. The Labute approximate surface area is 293 Å². The minimum atomic E-state index is -3.72. The van der Waals surface area contributed by atoms with Crippen LogP contribution in [0.5, 0.6) is 17.2 Å². The number of fused-ring (bicyclic) bond motifs is 1. The number of aromatic carboxylic acids is 1. The summed E-state index contributed by atoms with van der Waals surface area (Å²) < 4.78 is 40.8. The highest BCUT2D eigenvalue weighted by atomic mass is 35.5. The van der Waals surface area contributed by atoms with E-state index in [4.69, 9.17) is 32.7 Å². The highest BCUT2D eigenvalue weighted by Gasteiger charge is 2.27. The number of ether oxygens (including phenoxy) is 2. The second-order valence-electron chi connectivity index (χ2n) is 11.8. The molecule has 0 aliphatic heterocycles. The summed E-state index contributed by atoms with van der Waals surface area (Å²) in [5, 5.41) is 14.4. The molecule has 5 aromatic rings. The van der Waals surface area contributed by atoms with Crippen molar-refractivity contribution in [1.29, 1.82) is 0 Å². The molecule has 252 valence electrons. The standard InChI is InChI=1S/C37H32Cl2N2O7S/c38-33-18-17-31(22-34(33)39)49(45,46)41-26-9-15-28(16-10-26)48-30-14-8-24-20-29(13-7-25(24)21-30)47-27-11-5-23(6-12-27)19-36(42)40-35-4-2-1-3-32(35)37(43)44/h1-8,11-14,17-18,20-22,26,28,41H,9-10,15-16,19H2,(H,40,42)(H,43,44). The normalized spacial score (nSPS) is 16.2. The van der Waals surface area contributed by atoms with E-state index in [1.807, 2.05) is 36.4 Å². The zero-order chi connectivity index (χ0) is 34.5. The average molecular weight is 720 g/mol. The Morgan fingerprint density at radius 2 is 1.41 bits per heavy atom. The number of nitrogens with one attached hydrogen (secondary N) is 2. The molecule has 5 aromatic carbocycles. The summed E-state index contributed by atoms with van der Waals surface area (Å²) in [5.74, 6) is 0.569. The third-order valence-electron chi connectivity index (χ3n) is 8.24. The van der Waals surface area contributed by atoms with Gasteiger partial charge in [-0.25, -0.2) is 17.9 Å². The third-order valence-corrected chi connectivity index (χ3v) is 10.5. The molecule has 0 spiro atoms. The van der Waals surface area contributed by atoms with Crippen molar-refractivity contribution in [1.82, 2.24) is 4.72 Å². The molecule has 0 bridgehead atoms. The van der Waals surface area contributed by atoms with E-state index < -0.39 is 16.0 Å². The Bertz CT molecular complexity index is 2120. The summed E-state index contributed by atoms with van der Waals surface area (Å²) in [7, 11) is -3.72. The molecule has 9 nitrogen and oxygen atoms in total. The van der Waals surface area contributed by atoms with Crippen molar-refractivity contribution in [3.8, 4) is 17.2 Å². The van der Waals surface area contributed by atoms with Gasteiger partial charge >= 0.3 is 5.97 Å². The fourth-order valence-corrected chi connectivity index (χ4v) is 7.42. The molecule has 0 atom stereocenters. The number of amides is 1. The maximum absolute atomic E-state index is 12.8. The lowest BCUT2D eigenvalue weighted by atomic mass is 9.93. The number of anilines is 1. The molecular formula is C37H32Cl2N2O7S. The topological polar surface area (TPSA) is 131 Å². The van der Waals surface area contributed by atoms with Crippen LogP contribution in [-0.2, 0) is 21.2 Å². The number of halogens is 2. The second kappa shape index (κ2) is 14.9. The molecule has 12 heteroatoms. The minimum absolute atomic E-state index is 0.0274. The predicted molar refractivity (Wildman–Crippen MR) is 190 cm³/mol.